The van der Waals surface area contributed by atoms with Gasteiger partial charge >= 0.3 is 0 Å². The second-order valence-corrected chi connectivity index (χ2v) is 10.4. The van der Waals surface area contributed by atoms with E-state index in [1.807, 2.05) is 121 Å². The molecular formula is C36H38O6. The Balaban J connectivity index is 1.40. The molecule has 4 aromatic rings. The average Bonchev–Trinajstić information content (AvgIpc) is 3.05. The normalized spacial score (nSPS) is 22.0. The molecule has 1 aliphatic heterocycles. The van der Waals surface area contributed by atoms with Gasteiger partial charge in [-0.05, 0) is 22.3 Å². The SMILES string of the molecule is O=CC[C@@H]1O[C@H](COCc2ccccc2)[C@@H](OCc2ccccc2)[C@H](OCc2ccccc2)[C@H]1OCc1ccccc1. The first-order valence-electron chi connectivity index (χ1n) is 14.5. The van der Waals surface area contributed by atoms with Crippen LogP contribution in [0.5, 0.6) is 0 Å². The van der Waals surface area contributed by atoms with E-state index < -0.39 is 30.5 Å². The van der Waals surface area contributed by atoms with Gasteiger partial charge in [0.05, 0.1) is 39.1 Å². The minimum Gasteiger partial charge on any atom is -0.374 e. The lowest BCUT2D eigenvalue weighted by Gasteiger charge is -2.46. The van der Waals surface area contributed by atoms with Gasteiger partial charge in [-0.3, -0.25) is 0 Å². The smallest absolute Gasteiger partial charge is 0.122 e. The maximum atomic E-state index is 11.8. The lowest BCUT2D eigenvalue weighted by atomic mass is 9.92. The van der Waals surface area contributed by atoms with Crippen molar-refractivity contribution in [3.05, 3.63) is 144 Å². The van der Waals surface area contributed by atoms with Crippen molar-refractivity contribution in [2.24, 2.45) is 0 Å². The third-order valence-corrected chi connectivity index (χ3v) is 7.31. The molecule has 6 nitrogen and oxygen atoms in total. The summed E-state index contributed by atoms with van der Waals surface area (Å²) in [6.45, 7) is 1.82. The van der Waals surface area contributed by atoms with Crippen LogP contribution in [0.25, 0.3) is 0 Å². The number of hydrogen-bond donors (Lipinski definition) is 0. The largest absolute Gasteiger partial charge is 0.374 e. The molecule has 1 fully saturated rings. The lowest BCUT2D eigenvalue weighted by Crippen LogP contribution is -2.61. The van der Waals surface area contributed by atoms with E-state index in [1.165, 1.54) is 0 Å². The number of rotatable bonds is 15. The fourth-order valence-corrected chi connectivity index (χ4v) is 5.17. The van der Waals surface area contributed by atoms with Crippen LogP contribution in [-0.4, -0.2) is 43.4 Å². The molecule has 42 heavy (non-hydrogen) atoms. The third kappa shape index (κ3) is 8.68. The van der Waals surface area contributed by atoms with Crippen LogP contribution in [0.1, 0.15) is 28.7 Å². The van der Waals surface area contributed by atoms with Gasteiger partial charge in [0.15, 0.2) is 0 Å². The highest BCUT2D eigenvalue weighted by atomic mass is 16.6. The molecule has 0 spiro atoms. The monoisotopic (exact) mass is 566 g/mol. The summed E-state index contributed by atoms with van der Waals surface area (Å²) in [5.74, 6) is 0. The molecule has 1 heterocycles. The lowest BCUT2D eigenvalue weighted by molar-refractivity contribution is -0.272. The van der Waals surface area contributed by atoms with Crippen LogP contribution in [0.15, 0.2) is 121 Å². The van der Waals surface area contributed by atoms with E-state index >= 15 is 0 Å². The molecule has 0 N–H and O–H groups in total. The number of carbonyl (C=O) groups excluding carboxylic acids is 1. The summed E-state index contributed by atoms with van der Waals surface area (Å²) < 4.78 is 32.5. The summed E-state index contributed by atoms with van der Waals surface area (Å²) in [5.41, 5.74) is 4.18. The van der Waals surface area contributed by atoms with Gasteiger partial charge in [0.2, 0.25) is 0 Å². The molecule has 5 atom stereocenters. The van der Waals surface area contributed by atoms with Gasteiger partial charge in [-0.25, -0.2) is 0 Å². The maximum Gasteiger partial charge on any atom is 0.122 e. The van der Waals surface area contributed by atoms with Gasteiger partial charge in [0.25, 0.3) is 0 Å². The number of benzene rings is 4. The summed E-state index contributed by atoms with van der Waals surface area (Å²) in [5, 5.41) is 0. The highest BCUT2D eigenvalue weighted by Crippen LogP contribution is 2.32. The predicted molar refractivity (Wildman–Crippen MR) is 160 cm³/mol. The molecule has 0 saturated carbocycles. The summed E-state index contributed by atoms with van der Waals surface area (Å²) in [6.07, 6.45) is -1.50. The Morgan fingerprint density at radius 3 is 1.31 bits per heavy atom. The van der Waals surface area contributed by atoms with E-state index in [2.05, 4.69) is 0 Å². The molecule has 1 saturated heterocycles. The number of hydrogen-bond acceptors (Lipinski definition) is 6. The second-order valence-electron chi connectivity index (χ2n) is 10.4. The predicted octanol–water partition coefficient (Wildman–Crippen LogP) is 6.32. The van der Waals surface area contributed by atoms with E-state index in [1.54, 1.807) is 0 Å². The van der Waals surface area contributed by atoms with E-state index in [4.69, 9.17) is 23.7 Å². The Labute approximate surface area is 248 Å². The van der Waals surface area contributed by atoms with Crippen molar-refractivity contribution in [2.45, 2.75) is 63.4 Å². The molecule has 1 aliphatic rings. The zero-order valence-electron chi connectivity index (χ0n) is 23.7. The number of carbonyl (C=O) groups is 1. The van der Waals surface area contributed by atoms with Crippen LogP contribution in [0.2, 0.25) is 0 Å². The highest BCUT2D eigenvalue weighted by molar-refractivity contribution is 5.50. The van der Waals surface area contributed by atoms with Crippen LogP contribution in [0.4, 0.5) is 0 Å². The van der Waals surface area contributed by atoms with Gasteiger partial charge in [0.1, 0.15) is 30.7 Å². The molecule has 5 rings (SSSR count). The van der Waals surface area contributed by atoms with E-state index in [0.29, 0.717) is 26.4 Å². The minimum absolute atomic E-state index is 0.172. The Hall–Kier alpha value is -3.65. The van der Waals surface area contributed by atoms with Crippen molar-refractivity contribution >= 4 is 6.29 Å². The summed E-state index contributed by atoms with van der Waals surface area (Å²) in [6, 6.07) is 40.0. The maximum absolute atomic E-state index is 11.8. The molecule has 4 aromatic carbocycles. The van der Waals surface area contributed by atoms with Crippen molar-refractivity contribution in [2.75, 3.05) is 6.61 Å². The third-order valence-electron chi connectivity index (χ3n) is 7.31. The summed E-state index contributed by atoms with van der Waals surface area (Å²) >= 11 is 0. The minimum atomic E-state index is -0.537. The van der Waals surface area contributed by atoms with Gasteiger partial charge < -0.3 is 28.5 Å². The van der Waals surface area contributed by atoms with Crippen LogP contribution < -0.4 is 0 Å². The second kappa shape index (κ2) is 16.1. The van der Waals surface area contributed by atoms with Crippen molar-refractivity contribution in [3.8, 4) is 0 Å². The van der Waals surface area contributed by atoms with Gasteiger partial charge in [-0.2, -0.15) is 0 Å². The Bertz CT molecular complexity index is 1300. The molecule has 0 radical (unpaired) electrons. The zero-order valence-corrected chi connectivity index (χ0v) is 23.7. The molecule has 0 bridgehead atoms. The molecule has 6 heteroatoms. The molecule has 0 amide bonds. The highest BCUT2D eigenvalue weighted by Gasteiger charge is 2.48. The topological polar surface area (TPSA) is 63.2 Å². The van der Waals surface area contributed by atoms with Crippen molar-refractivity contribution in [1.82, 2.24) is 0 Å². The van der Waals surface area contributed by atoms with Crippen LogP contribution in [0.3, 0.4) is 0 Å². The first-order valence-corrected chi connectivity index (χ1v) is 14.5. The standard InChI is InChI=1S/C36H38O6/c37-22-21-32-34(39-24-29-15-7-2-8-16-29)36(41-26-31-19-11-4-12-20-31)35(40-25-30-17-9-3-10-18-30)33(42-32)27-38-23-28-13-5-1-6-14-28/h1-20,22,32-36H,21,23-27H2/t32-,33+,34-,35+,36+/m0/s1. The zero-order chi connectivity index (χ0) is 28.8. The number of ether oxygens (including phenoxy) is 5. The first kappa shape index (κ1) is 29.8. The van der Waals surface area contributed by atoms with Crippen molar-refractivity contribution in [3.63, 3.8) is 0 Å². The fraction of sp³-hybridized carbons (Fsp3) is 0.306. The molecular weight excluding hydrogens is 528 g/mol. The quantitative estimate of drug-likeness (QED) is 0.157. The van der Waals surface area contributed by atoms with Gasteiger partial charge in [-0.1, -0.05) is 121 Å². The fourth-order valence-electron chi connectivity index (χ4n) is 5.17. The van der Waals surface area contributed by atoms with Gasteiger partial charge in [-0.15, -0.1) is 0 Å². The molecule has 0 aromatic heterocycles. The van der Waals surface area contributed by atoms with Crippen LogP contribution >= 0.6 is 0 Å². The summed E-state index contributed by atoms with van der Waals surface area (Å²) in [4.78, 5) is 11.8. The first-order chi connectivity index (χ1) is 20.8. The van der Waals surface area contributed by atoms with Crippen LogP contribution in [0, 0.1) is 0 Å². The Morgan fingerprint density at radius 2 is 0.881 bits per heavy atom. The van der Waals surface area contributed by atoms with Crippen molar-refractivity contribution < 1.29 is 28.5 Å². The molecule has 0 unspecified atom stereocenters. The van der Waals surface area contributed by atoms with E-state index in [-0.39, 0.29) is 13.0 Å². The Kier molecular flexibility index (Phi) is 11.4. The van der Waals surface area contributed by atoms with Crippen molar-refractivity contribution in [1.29, 1.82) is 0 Å². The summed E-state index contributed by atoms with van der Waals surface area (Å²) in [7, 11) is 0. The van der Waals surface area contributed by atoms with E-state index in [0.717, 1.165) is 28.5 Å². The van der Waals surface area contributed by atoms with Gasteiger partial charge in [0, 0.05) is 6.42 Å². The Morgan fingerprint density at radius 1 is 0.500 bits per heavy atom. The molecule has 218 valence electrons. The molecule has 0 aliphatic carbocycles. The van der Waals surface area contributed by atoms with E-state index in [9.17, 15) is 4.79 Å². The number of aldehydes is 1. The average molecular weight is 567 g/mol. The van der Waals surface area contributed by atoms with Crippen LogP contribution in [-0.2, 0) is 54.9 Å².